The molecule has 0 unspecified atom stereocenters. The lowest BCUT2D eigenvalue weighted by Crippen LogP contribution is -2.50. The minimum absolute atomic E-state index is 0.756. The van der Waals surface area contributed by atoms with E-state index in [9.17, 15) is 0 Å². The summed E-state index contributed by atoms with van der Waals surface area (Å²) in [5.74, 6) is 0. The van der Waals surface area contributed by atoms with Gasteiger partial charge < -0.3 is 15.1 Å². The van der Waals surface area contributed by atoms with E-state index in [1.807, 2.05) is 37.4 Å². The fourth-order valence-electron chi connectivity index (χ4n) is 2.89. The first kappa shape index (κ1) is 16.7. The molecule has 0 atom stereocenters. The van der Waals surface area contributed by atoms with E-state index >= 15 is 0 Å². The van der Waals surface area contributed by atoms with Crippen molar-refractivity contribution in [1.29, 1.82) is 0 Å². The summed E-state index contributed by atoms with van der Waals surface area (Å²) in [6.07, 6.45) is 0. The van der Waals surface area contributed by atoms with Gasteiger partial charge in [0.05, 0.1) is 6.67 Å². The average Bonchev–Trinajstić information content (AvgIpc) is 2.64. The van der Waals surface area contributed by atoms with E-state index in [0.717, 1.165) is 43.6 Å². The van der Waals surface area contributed by atoms with Gasteiger partial charge in [0.2, 0.25) is 0 Å². The first-order chi connectivity index (χ1) is 11.7. The SMILES string of the molecule is CN(CN1CCN(c2ccccc2)CC1)C(=S)Nc1ccccc1. The third-order valence-electron chi connectivity index (χ3n) is 4.28. The van der Waals surface area contributed by atoms with E-state index in [0.29, 0.717) is 0 Å². The summed E-state index contributed by atoms with van der Waals surface area (Å²) in [7, 11) is 2.04. The van der Waals surface area contributed by atoms with Crippen LogP contribution in [0.15, 0.2) is 60.7 Å². The number of rotatable bonds is 4. The fourth-order valence-corrected chi connectivity index (χ4v) is 3.07. The quantitative estimate of drug-likeness (QED) is 0.861. The van der Waals surface area contributed by atoms with Crippen molar-refractivity contribution in [3.05, 3.63) is 60.7 Å². The summed E-state index contributed by atoms with van der Waals surface area (Å²) in [6, 6.07) is 20.7. The monoisotopic (exact) mass is 340 g/mol. The highest BCUT2D eigenvalue weighted by Crippen LogP contribution is 2.15. The van der Waals surface area contributed by atoms with Crippen molar-refractivity contribution in [3.8, 4) is 0 Å². The molecule has 0 saturated carbocycles. The molecule has 1 N–H and O–H groups in total. The van der Waals surface area contributed by atoms with Crippen molar-refractivity contribution in [2.75, 3.05) is 50.1 Å². The summed E-state index contributed by atoms with van der Waals surface area (Å²) in [5, 5.41) is 4.04. The zero-order chi connectivity index (χ0) is 16.8. The predicted molar refractivity (Wildman–Crippen MR) is 106 cm³/mol. The molecular weight excluding hydrogens is 316 g/mol. The topological polar surface area (TPSA) is 21.8 Å². The molecule has 0 bridgehead atoms. The zero-order valence-electron chi connectivity index (χ0n) is 14.1. The smallest absolute Gasteiger partial charge is 0.174 e. The molecule has 1 heterocycles. The molecule has 1 aliphatic heterocycles. The normalized spacial score (nSPS) is 15.1. The minimum Gasteiger partial charge on any atom is -0.369 e. The van der Waals surface area contributed by atoms with Crippen molar-refractivity contribution < 1.29 is 0 Å². The van der Waals surface area contributed by atoms with Crippen LogP contribution < -0.4 is 10.2 Å². The highest BCUT2D eigenvalue weighted by molar-refractivity contribution is 7.80. The van der Waals surface area contributed by atoms with Crippen molar-refractivity contribution >= 4 is 28.7 Å². The summed E-state index contributed by atoms with van der Waals surface area (Å²) in [4.78, 5) is 6.98. The van der Waals surface area contributed by atoms with Crippen LogP contribution in [0.4, 0.5) is 11.4 Å². The van der Waals surface area contributed by atoms with Crippen molar-refractivity contribution in [2.45, 2.75) is 0 Å². The van der Waals surface area contributed by atoms with Gasteiger partial charge in [0.25, 0.3) is 0 Å². The second-order valence-corrected chi connectivity index (χ2v) is 6.46. The predicted octanol–water partition coefficient (Wildman–Crippen LogP) is 3.09. The highest BCUT2D eigenvalue weighted by Gasteiger charge is 2.18. The Balaban J connectivity index is 1.46. The van der Waals surface area contributed by atoms with Gasteiger partial charge in [-0.15, -0.1) is 0 Å². The molecule has 5 heteroatoms. The molecule has 1 saturated heterocycles. The minimum atomic E-state index is 0.756. The maximum Gasteiger partial charge on any atom is 0.174 e. The van der Waals surface area contributed by atoms with E-state index in [-0.39, 0.29) is 0 Å². The van der Waals surface area contributed by atoms with Crippen LogP contribution in [0.25, 0.3) is 0 Å². The molecule has 1 fully saturated rings. The largest absolute Gasteiger partial charge is 0.369 e. The van der Waals surface area contributed by atoms with E-state index in [1.165, 1.54) is 5.69 Å². The number of nitrogens with zero attached hydrogens (tertiary/aromatic N) is 3. The van der Waals surface area contributed by atoms with E-state index in [4.69, 9.17) is 12.2 Å². The standard InChI is InChI=1S/C19H24N4S/c1-21(19(24)20-17-8-4-2-5-9-17)16-22-12-14-23(15-13-22)18-10-6-3-7-11-18/h2-11H,12-16H2,1H3,(H,20,24). The molecular formula is C19H24N4S. The van der Waals surface area contributed by atoms with Crippen molar-refractivity contribution in [3.63, 3.8) is 0 Å². The lowest BCUT2D eigenvalue weighted by molar-refractivity contribution is 0.195. The Labute approximate surface area is 149 Å². The van der Waals surface area contributed by atoms with Gasteiger partial charge in [0.1, 0.15) is 0 Å². The van der Waals surface area contributed by atoms with Gasteiger partial charge in [0, 0.05) is 44.6 Å². The Morgan fingerprint density at radius 2 is 1.54 bits per heavy atom. The Bertz CT molecular complexity index is 639. The van der Waals surface area contributed by atoms with Crippen LogP contribution in [-0.2, 0) is 0 Å². The molecule has 0 aliphatic carbocycles. The number of nitrogens with one attached hydrogen (secondary N) is 1. The van der Waals surface area contributed by atoms with Crippen LogP contribution in [0.5, 0.6) is 0 Å². The van der Waals surface area contributed by atoms with Crippen LogP contribution in [-0.4, -0.2) is 54.8 Å². The number of thiocarbonyl (C=S) groups is 1. The van der Waals surface area contributed by atoms with Gasteiger partial charge in [-0.05, 0) is 36.5 Å². The van der Waals surface area contributed by atoms with E-state index < -0.39 is 0 Å². The highest BCUT2D eigenvalue weighted by atomic mass is 32.1. The fraction of sp³-hybridized carbons (Fsp3) is 0.316. The number of hydrogen-bond donors (Lipinski definition) is 1. The van der Waals surface area contributed by atoms with Gasteiger partial charge in [-0.2, -0.15) is 0 Å². The molecule has 4 nitrogen and oxygen atoms in total. The molecule has 24 heavy (non-hydrogen) atoms. The van der Waals surface area contributed by atoms with Crippen LogP contribution in [0.1, 0.15) is 0 Å². The van der Waals surface area contributed by atoms with Gasteiger partial charge in [0.15, 0.2) is 5.11 Å². The average molecular weight is 340 g/mol. The van der Waals surface area contributed by atoms with E-state index in [1.54, 1.807) is 0 Å². The summed E-state index contributed by atoms with van der Waals surface area (Å²) >= 11 is 5.50. The molecule has 0 spiro atoms. The number of benzene rings is 2. The van der Waals surface area contributed by atoms with Crippen molar-refractivity contribution in [2.24, 2.45) is 0 Å². The molecule has 2 aromatic rings. The molecule has 0 aromatic heterocycles. The number of piperazine rings is 1. The Morgan fingerprint density at radius 3 is 2.17 bits per heavy atom. The second-order valence-electron chi connectivity index (χ2n) is 6.08. The summed E-state index contributed by atoms with van der Waals surface area (Å²) < 4.78 is 0. The van der Waals surface area contributed by atoms with Crippen molar-refractivity contribution in [1.82, 2.24) is 9.80 Å². The number of para-hydroxylation sites is 2. The first-order valence-corrected chi connectivity index (χ1v) is 8.73. The molecule has 0 amide bonds. The molecule has 3 rings (SSSR count). The third kappa shape index (κ3) is 4.46. The van der Waals surface area contributed by atoms with Crippen LogP contribution >= 0.6 is 12.2 Å². The molecule has 0 radical (unpaired) electrons. The Hall–Kier alpha value is -2.11. The second kappa shape index (κ2) is 8.13. The molecule has 1 aliphatic rings. The first-order valence-electron chi connectivity index (χ1n) is 8.32. The molecule has 2 aromatic carbocycles. The Morgan fingerprint density at radius 1 is 0.958 bits per heavy atom. The van der Waals surface area contributed by atoms with Crippen LogP contribution in [0, 0.1) is 0 Å². The maximum atomic E-state index is 5.50. The molecule has 126 valence electrons. The maximum absolute atomic E-state index is 5.50. The number of anilines is 2. The lowest BCUT2D eigenvalue weighted by Gasteiger charge is -2.38. The van der Waals surface area contributed by atoms with Gasteiger partial charge in [-0.25, -0.2) is 0 Å². The van der Waals surface area contributed by atoms with Crippen LogP contribution in [0.2, 0.25) is 0 Å². The van der Waals surface area contributed by atoms with Gasteiger partial charge in [-0.3, -0.25) is 4.90 Å². The third-order valence-corrected chi connectivity index (χ3v) is 4.69. The van der Waals surface area contributed by atoms with E-state index in [2.05, 4.69) is 50.3 Å². The number of hydrogen-bond acceptors (Lipinski definition) is 3. The zero-order valence-corrected chi connectivity index (χ0v) is 14.9. The lowest BCUT2D eigenvalue weighted by atomic mass is 10.2. The van der Waals surface area contributed by atoms with Gasteiger partial charge >= 0.3 is 0 Å². The summed E-state index contributed by atoms with van der Waals surface area (Å²) in [5.41, 5.74) is 2.34. The summed E-state index contributed by atoms with van der Waals surface area (Å²) in [6.45, 7) is 5.05. The van der Waals surface area contributed by atoms with Gasteiger partial charge in [-0.1, -0.05) is 36.4 Å². The Kier molecular flexibility index (Phi) is 5.67. The van der Waals surface area contributed by atoms with Crippen LogP contribution in [0.3, 0.4) is 0 Å².